The van der Waals surface area contributed by atoms with E-state index in [0.717, 1.165) is 37.7 Å². The summed E-state index contributed by atoms with van der Waals surface area (Å²) < 4.78 is 0. The van der Waals surface area contributed by atoms with Crippen molar-refractivity contribution >= 4 is 5.78 Å². The van der Waals surface area contributed by atoms with Gasteiger partial charge < -0.3 is 5.11 Å². The van der Waals surface area contributed by atoms with Gasteiger partial charge >= 0.3 is 0 Å². The summed E-state index contributed by atoms with van der Waals surface area (Å²) in [6.45, 7) is 6.31. The molecule has 0 aromatic heterocycles. The number of carbonyl (C=O) groups is 1. The van der Waals surface area contributed by atoms with E-state index >= 15 is 0 Å². The van der Waals surface area contributed by atoms with Crippen LogP contribution in [-0.2, 0) is 0 Å². The number of Topliss-reactive ketones (excluding diaryl/α,β-unsaturated/α-hetero) is 1. The topological polar surface area (TPSA) is 37.3 Å². The van der Waals surface area contributed by atoms with E-state index in [1.54, 1.807) is 0 Å². The third-order valence-corrected chi connectivity index (χ3v) is 5.47. The van der Waals surface area contributed by atoms with Crippen molar-refractivity contribution < 1.29 is 9.90 Å². The Morgan fingerprint density at radius 2 is 1.46 bits per heavy atom. The smallest absolute Gasteiger partial charge is 0.166 e. The second-order valence-electron chi connectivity index (χ2n) is 7.87. The molecule has 0 aliphatic rings. The second-order valence-corrected chi connectivity index (χ2v) is 7.87. The average molecular weight is 361 g/mol. The van der Waals surface area contributed by atoms with E-state index in [9.17, 15) is 9.90 Å². The zero-order chi connectivity index (χ0) is 19.2. The number of aliphatic hydroxyl groups excluding tert-OH is 1. The van der Waals surface area contributed by atoms with Crippen LogP contribution in [0.5, 0.6) is 0 Å². The lowest BCUT2D eigenvalue weighted by Gasteiger charge is -2.27. The Labute approximate surface area is 161 Å². The Morgan fingerprint density at radius 1 is 0.846 bits per heavy atom. The minimum Gasteiger partial charge on any atom is -0.393 e. The molecule has 0 spiro atoms. The van der Waals surface area contributed by atoms with E-state index in [1.165, 1.54) is 38.5 Å². The first kappa shape index (κ1) is 22.9. The summed E-state index contributed by atoms with van der Waals surface area (Å²) in [6, 6.07) is 9.81. The summed E-state index contributed by atoms with van der Waals surface area (Å²) >= 11 is 0. The van der Waals surface area contributed by atoms with Crippen LogP contribution in [0.1, 0.15) is 102 Å². The molecule has 1 aromatic carbocycles. The molecule has 1 rings (SSSR count). The Morgan fingerprint density at radius 3 is 2.08 bits per heavy atom. The molecule has 0 saturated heterocycles. The third kappa shape index (κ3) is 8.98. The third-order valence-electron chi connectivity index (χ3n) is 5.47. The Hall–Kier alpha value is -1.15. The number of benzene rings is 1. The van der Waals surface area contributed by atoms with Gasteiger partial charge in [-0.25, -0.2) is 0 Å². The number of aliphatic hydroxyl groups is 1. The fraction of sp³-hybridized carbons (Fsp3) is 0.708. The lowest BCUT2D eigenvalue weighted by Crippen LogP contribution is -2.25. The summed E-state index contributed by atoms with van der Waals surface area (Å²) in [7, 11) is 0. The molecule has 1 aromatic rings. The van der Waals surface area contributed by atoms with Gasteiger partial charge in [-0.1, -0.05) is 89.1 Å². The van der Waals surface area contributed by atoms with Gasteiger partial charge in [-0.15, -0.1) is 0 Å². The van der Waals surface area contributed by atoms with E-state index in [2.05, 4.69) is 13.8 Å². The van der Waals surface area contributed by atoms with Crippen LogP contribution >= 0.6 is 0 Å². The average Bonchev–Trinajstić information content (AvgIpc) is 2.65. The first-order valence-corrected chi connectivity index (χ1v) is 10.9. The fourth-order valence-electron chi connectivity index (χ4n) is 3.85. The molecule has 26 heavy (non-hydrogen) atoms. The van der Waals surface area contributed by atoms with Gasteiger partial charge in [0.1, 0.15) is 0 Å². The van der Waals surface area contributed by atoms with Crippen molar-refractivity contribution in [2.75, 3.05) is 0 Å². The monoisotopic (exact) mass is 360 g/mol. The largest absolute Gasteiger partial charge is 0.393 e. The van der Waals surface area contributed by atoms with Crippen LogP contribution in [0, 0.1) is 11.8 Å². The molecule has 2 nitrogen and oxygen atoms in total. The normalized spacial score (nSPS) is 14.8. The molecular formula is C24H40O2. The summed E-state index contributed by atoms with van der Waals surface area (Å²) in [4.78, 5) is 13.3. The predicted molar refractivity (Wildman–Crippen MR) is 112 cm³/mol. The zero-order valence-corrected chi connectivity index (χ0v) is 17.3. The molecule has 0 amide bonds. The molecule has 0 aliphatic carbocycles. The highest BCUT2D eigenvalue weighted by Crippen LogP contribution is 2.32. The van der Waals surface area contributed by atoms with Gasteiger partial charge in [0.2, 0.25) is 0 Å². The number of hydrogen-bond acceptors (Lipinski definition) is 2. The highest BCUT2D eigenvalue weighted by atomic mass is 16.3. The van der Waals surface area contributed by atoms with Crippen LogP contribution in [0.25, 0.3) is 0 Å². The molecule has 0 heterocycles. The Kier molecular flexibility index (Phi) is 12.3. The predicted octanol–water partition coefficient (Wildman–Crippen LogP) is 6.81. The maximum Gasteiger partial charge on any atom is 0.166 e. The molecule has 3 unspecified atom stereocenters. The molecule has 0 bridgehead atoms. The lowest BCUT2D eigenvalue weighted by molar-refractivity contribution is 0.0824. The number of unbranched alkanes of at least 4 members (excludes halogenated alkanes) is 5. The molecule has 0 radical (unpaired) electrons. The molecule has 0 saturated carbocycles. The van der Waals surface area contributed by atoms with Crippen LogP contribution in [0.4, 0.5) is 0 Å². The van der Waals surface area contributed by atoms with Gasteiger partial charge in [0.15, 0.2) is 5.78 Å². The summed E-state index contributed by atoms with van der Waals surface area (Å²) in [5.41, 5.74) is 0.852. The Bertz CT molecular complexity index is 466. The summed E-state index contributed by atoms with van der Waals surface area (Å²) in [6.07, 6.45) is 12.0. The van der Waals surface area contributed by atoms with E-state index in [1.807, 2.05) is 37.3 Å². The summed E-state index contributed by atoms with van der Waals surface area (Å²) in [5.74, 6) is 0.810. The quantitative estimate of drug-likeness (QED) is 0.275. The van der Waals surface area contributed by atoms with Crippen LogP contribution in [0.2, 0.25) is 0 Å². The Balaban J connectivity index is 2.88. The van der Waals surface area contributed by atoms with Crippen LogP contribution < -0.4 is 0 Å². The standard InChI is InChI=1S/C24H40O2/c1-4-6-8-13-17-23(24(26)22-15-11-9-12-16-22)21(14-10-7-5-2)19-18-20(3)25/h9,11-12,15-16,20-21,23,25H,4-8,10,13-14,17-19H2,1-3H3. The maximum absolute atomic E-state index is 13.3. The number of carbonyl (C=O) groups excluding carboxylic acids is 1. The molecule has 0 fully saturated rings. The van der Waals surface area contributed by atoms with Crippen molar-refractivity contribution in [1.29, 1.82) is 0 Å². The number of hydrogen-bond donors (Lipinski definition) is 1. The highest BCUT2D eigenvalue weighted by Gasteiger charge is 2.28. The first-order chi connectivity index (χ1) is 12.6. The van der Waals surface area contributed by atoms with Crippen molar-refractivity contribution in [3.63, 3.8) is 0 Å². The van der Waals surface area contributed by atoms with Crippen LogP contribution in [0.15, 0.2) is 30.3 Å². The van der Waals surface area contributed by atoms with Gasteiger partial charge in [-0.2, -0.15) is 0 Å². The molecule has 0 aliphatic heterocycles. The van der Waals surface area contributed by atoms with E-state index in [-0.39, 0.29) is 12.0 Å². The summed E-state index contributed by atoms with van der Waals surface area (Å²) in [5, 5.41) is 9.77. The van der Waals surface area contributed by atoms with Crippen molar-refractivity contribution in [3.05, 3.63) is 35.9 Å². The lowest BCUT2D eigenvalue weighted by atomic mass is 9.77. The van der Waals surface area contributed by atoms with Gasteiger partial charge in [-0.3, -0.25) is 4.79 Å². The van der Waals surface area contributed by atoms with Crippen LogP contribution in [-0.4, -0.2) is 17.0 Å². The second kappa shape index (κ2) is 14.0. The van der Waals surface area contributed by atoms with Crippen molar-refractivity contribution in [2.45, 2.75) is 97.5 Å². The SMILES string of the molecule is CCCCCCC(C(=O)c1ccccc1)C(CCCCC)CCC(C)O. The van der Waals surface area contributed by atoms with E-state index < -0.39 is 0 Å². The van der Waals surface area contributed by atoms with Crippen molar-refractivity contribution in [2.24, 2.45) is 11.8 Å². The van der Waals surface area contributed by atoms with Crippen molar-refractivity contribution in [3.8, 4) is 0 Å². The van der Waals surface area contributed by atoms with Gasteiger partial charge in [-0.05, 0) is 38.5 Å². The highest BCUT2D eigenvalue weighted by molar-refractivity contribution is 5.98. The number of rotatable bonds is 15. The van der Waals surface area contributed by atoms with E-state index in [0.29, 0.717) is 11.7 Å². The van der Waals surface area contributed by atoms with Gasteiger partial charge in [0.05, 0.1) is 6.10 Å². The van der Waals surface area contributed by atoms with E-state index in [4.69, 9.17) is 0 Å². The maximum atomic E-state index is 13.3. The molecular weight excluding hydrogens is 320 g/mol. The van der Waals surface area contributed by atoms with Gasteiger partial charge in [0, 0.05) is 11.5 Å². The first-order valence-electron chi connectivity index (χ1n) is 10.9. The fourth-order valence-corrected chi connectivity index (χ4v) is 3.85. The molecule has 3 atom stereocenters. The van der Waals surface area contributed by atoms with Gasteiger partial charge in [0.25, 0.3) is 0 Å². The molecule has 148 valence electrons. The minimum absolute atomic E-state index is 0.102. The zero-order valence-electron chi connectivity index (χ0n) is 17.3. The molecule has 1 N–H and O–H groups in total. The molecule has 2 heteroatoms. The van der Waals surface area contributed by atoms with Crippen molar-refractivity contribution in [1.82, 2.24) is 0 Å². The number of ketones is 1. The van der Waals surface area contributed by atoms with Crippen LogP contribution in [0.3, 0.4) is 0 Å². The minimum atomic E-state index is -0.281.